The molecule has 0 saturated heterocycles. The van der Waals surface area contributed by atoms with Crippen molar-refractivity contribution in [3.05, 3.63) is 179 Å². The maximum absolute atomic E-state index is 15.8. The molecule has 0 unspecified atom stereocenters. The Labute approximate surface area is 409 Å². The lowest BCUT2D eigenvalue weighted by Crippen LogP contribution is -2.33. The summed E-state index contributed by atoms with van der Waals surface area (Å²) >= 11 is 0. The molecule has 0 bridgehead atoms. The molecule has 7 aromatic rings. The van der Waals surface area contributed by atoms with Crippen LogP contribution in [0.4, 0.5) is 26.0 Å². The molecule has 362 valence electrons. The number of carbonyl (C=O) groups is 4. The molecule has 0 fully saturated rings. The summed E-state index contributed by atoms with van der Waals surface area (Å²) in [6, 6.07) is 29.9. The fourth-order valence-electron chi connectivity index (χ4n) is 8.20. The van der Waals surface area contributed by atoms with Gasteiger partial charge in [0, 0.05) is 100 Å². The van der Waals surface area contributed by atoms with Crippen molar-refractivity contribution in [2.75, 3.05) is 49.7 Å². The van der Waals surface area contributed by atoms with Crippen LogP contribution in [0, 0.1) is 11.6 Å². The van der Waals surface area contributed by atoms with Crippen LogP contribution in [-0.2, 0) is 20.6 Å². The van der Waals surface area contributed by atoms with Crippen LogP contribution in [0.2, 0.25) is 0 Å². The topological polar surface area (TPSA) is 223 Å². The Hall–Kier alpha value is -9.10. The highest BCUT2D eigenvalue weighted by molar-refractivity contribution is 7.91. The first-order valence-electron chi connectivity index (χ1n) is 22.1. The Kier molecular flexibility index (Phi) is 12.9. The summed E-state index contributed by atoms with van der Waals surface area (Å²) in [4.78, 5) is 66.3. The number of amides is 2. The summed E-state index contributed by atoms with van der Waals surface area (Å²) in [7, 11) is 3.43. The number of H-pyrrole nitrogens is 1. The van der Waals surface area contributed by atoms with Crippen LogP contribution in [0.25, 0.3) is 55.6 Å². The second-order valence-electron chi connectivity index (χ2n) is 17.1. The average Bonchev–Trinajstić information content (AvgIpc) is 3.79. The van der Waals surface area contributed by atoms with Crippen molar-refractivity contribution in [3.8, 4) is 33.6 Å². The zero-order valence-corrected chi connectivity index (χ0v) is 39.7. The van der Waals surface area contributed by atoms with E-state index in [1.54, 1.807) is 42.5 Å². The van der Waals surface area contributed by atoms with Crippen molar-refractivity contribution in [1.82, 2.24) is 24.8 Å². The van der Waals surface area contributed by atoms with Crippen molar-refractivity contribution in [2.45, 2.75) is 5.75 Å². The molecule has 19 heteroatoms. The Morgan fingerprint density at radius 1 is 0.806 bits per heavy atom. The van der Waals surface area contributed by atoms with E-state index in [0.29, 0.717) is 50.1 Å². The van der Waals surface area contributed by atoms with E-state index in [9.17, 15) is 32.7 Å². The zero-order chi connectivity index (χ0) is 51.0. The van der Waals surface area contributed by atoms with E-state index >= 15 is 8.78 Å². The third kappa shape index (κ3) is 9.72. The van der Waals surface area contributed by atoms with Crippen molar-refractivity contribution < 1.29 is 45.9 Å². The number of halogens is 2. The molecule has 0 saturated carbocycles. The van der Waals surface area contributed by atoms with Crippen molar-refractivity contribution >= 4 is 72.8 Å². The number of ketones is 1. The van der Waals surface area contributed by atoms with Crippen LogP contribution in [0.3, 0.4) is 0 Å². The van der Waals surface area contributed by atoms with Gasteiger partial charge >= 0.3 is 0 Å². The summed E-state index contributed by atoms with van der Waals surface area (Å²) in [5.74, 6) is -6.41. The molecule has 4 heterocycles. The maximum atomic E-state index is 15.8. The number of pyridine rings is 2. The molecule has 0 radical (unpaired) electrons. The number of carbonyl (C=O) groups excluding carboxylic acids is 4. The first-order valence-corrected chi connectivity index (χ1v) is 23.7. The van der Waals surface area contributed by atoms with Gasteiger partial charge in [-0.2, -0.15) is 0 Å². The molecule has 3 aromatic heterocycles. The SMILES string of the molecule is CN(C)c1ccc2c(-c3ccc(C(=O)NCC(=O)Nc4ccc(-c5cnc6[nH]cc(C(=O)c7c(F)ccc(NS(=O)(=O)Cc8ccccc8)c7F)c6c5)cn4)cc3C(=O)[O-])c3ccc(=[N+](C)C)cc-3oc2c1. The van der Waals surface area contributed by atoms with Gasteiger partial charge in [0.1, 0.15) is 42.7 Å². The number of carboxylic acid groups (broad SMARTS) is 1. The molecule has 0 atom stereocenters. The minimum absolute atomic E-state index is 0.0316. The van der Waals surface area contributed by atoms with Crippen LogP contribution >= 0.6 is 0 Å². The van der Waals surface area contributed by atoms with Crippen LogP contribution in [-0.4, -0.2) is 81.7 Å². The molecule has 0 spiro atoms. The number of fused-ring (bicyclic) bond motifs is 3. The minimum atomic E-state index is -4.15. The van der Waals surface area contributed by atoms with Gasteiger partial charge in [-0.1, -0.05) is 36.4 Å². The predicted octanol–water partition coefficient (Wildman–Crippen LogP) is 6.42. The quantitative estimate of drug-likeness (QED) is 0.0529. The second-order valence-corrected chi connectivity index (χ2v) is 18.8. The summed E-state index contributed by atoms with van der Waals surface area (Å²) in [6.07, 6.45) is 4.13. The van der Waals surface area contributed by atoms with Crippen molar-refractivity contribution in [1.29, 1.82) is 0 Å². The molecule has 16 nitrogen and oxygen atoms in total. The molecule has 9 rings (SSSR count). The van der Waals surface area contributed by atoms with Gasteiger partial charge in [0.15, 0.2) is 5.82 Å². The molecule has 4 N–H and O–H groups in total. The van der Waals surface area contributed by atoms with Gasteiger partial charge in [0.2, 0.25) is 27.1 Å². The van der Waals surface area contributed by atoms with E-state index in [-0.39, 0.29) is 33.5 Å². The largest absolute Gasteiger partial charge is 0.545 e. The molecule has 72 heavy (non-hydrogen) atoms. The summed E-state index contributed by atoms with van der Waals surface area (Å²) in [6.45, 7) is -0.503. The lowest BCUT2D eigenvalue weighted by molar-refractivity contribution is -0.255. The van der Waals surface area contributed by atoms with Crippen LogP contribution < -0.4 is 35.3 Å². The minimum Gasteiger partial charge on any atom is -0.545 e. The van der Waals surface area contributed by atoms with E-state index < -0.39 is 68.8 Å². The number of hydrogen-bond donors (Lipinski definition) is 4. The van der Waals surface area contributed by atoms with E-state index in [4.69, 9.17) is 4.42 Å². The number of rotatable bonds is 14. The van der Waals surface area contributed by atoms with E-state index in [2.05, 4.69) is 30.3 Å². The number of benzene rings is 5. The number of anilines is 3. The highest BCUT2D eigenvalue weighted by Gasteiger charge is 2.27. The molecule has 2 aliphatic rings. The van der Waals surface area contributed by atoms with Gasteiger partial charge in [-0.25, -0.2) is 31.7 Å². The predicted molar refractivity (Wildman–Crippen MR) is 267 cm³/mol. The first kappa shape index (κ1) is 47.9. The third-order valence-electron chi connectivity index (χ3n) is 11.8. The Bertz CT molecular complexity index is 3820. The monoisotopic (exact) mass is 988 g/mol. The summed E-state index contributed by atoms with van der Waals surface area (Å²) < 4.78 is 67.1. The van der Waals surface area contributed by atoms with Gasteiger partial charge in [0.05, 0.1) is 35.6 Å². The third-order valence-corrected chi connectivity index (χ3v) is 13.1. The number of aromatic amines is 1. The van der Waals surface area contributed by atoms with Crippen LogP contribution in [0.1, 0.15) is 42.2 Å². The van der Waals surface area contributed by atoms with Crippen molar-refractivity contribution in [3.63, 3.8) is 0 Å². The molecule has 1 aliphatic heterocycles. The standard InChI is InChI=1S/C53H42F2N8O8S/c1-62(2)33-12-15-36-43(22-33)71-44-23-34(63(3)4)13-16-37(44)47(36)35-14-10-30(20-39(35)53(67)68)52(66)59-27-46(64)60-45-19-11-31(24-56-45)32-21-38-40(26-58-51(38)57-25-32)50(65)48-41(54)17-18-42(49(48)55)61-72(69,70)28-29-8-6-5-7-9-29/h5-26,59,61H,27-28H2,1-4H3,(H2,66,67,68). The first-order chi connectivity index (χ1) is 34.4. The van der Waals surface area contributed by atoms with Crippen LogP contribution in [0.15, 0.2) is 138 Å². The van der Waals surface area contributed by atoms with E-state index in [1.807, 2.05) is 74.1 Å². The molecular weight excluding hydrogens is 947 g/mol. The number of carboxylic acids is 1. The summed E-state index contributed by atoms with van der Waals surface area (Å²) in [5, 5.41) is 19.6. The second kappa shape index (κ2) is 19.4. The molecule has 4 aromatic carbocycles. The van der Waals surface area contributed by atoms with E-state index in [1.165, 1.54) is 42.9 Å². The highest BCUT2D eigenvalue weighted by atomic mass is 32.2. The van der Waals surface area contributed by atoms with Gasteiger partial charge in [-0.3, -0.25) is 19.1 Å². The van der Waals surface area contributed by atoms with E-state index in [0.717, 1.165) is 23.2 Å². The number of sulfonamides is 1. The smallest absolute Gasteiger partial charge is 0.251 e. The number of aromatic nitrogens is 3. The number of hydrogen-bond acceptors (Lipinski definition) is 11. The Balaban J connectivity index is 0.889. The van der Waals surface area contributed by atoms with Gasteiger partial charge in [-0.15, -0.1) is 0 Å². The number of nitrogens with one attached hydrogen (secondary N) is 4. The molecular formula is C53H42F2N8O8S. The Morgan fingerprint density at radius 2 is 1.57 bits per heavy atom. The van der Waals surface area contributed by atoms with Gasteiger partial charge in [0.25, 0.3) is 5.91 Å². The molecule has 1 aliphatic carbocycles. The zero-order valence-electron chi connectivity index (χ0n) is 38.8. The fraction of sp³-hybridized carbons (Fsp3) is 0.113. The van der Waals surface area contributed by atoms with Crippen LogP contribution in [0.5, 0.6) is 0 Å². The lowest BCUT2D eigenvalue weighted by atomic mass is 9.89. The highest BCUT2D eigenvalue weighted by Crippen LogP contribution is 2.42. The van der Waals surface area contributed by atoms with Gasteiger partial charge < -0.3 is 34.8 Å². The average molecular weight is 989 g/mol. The molecule has 2 amide bonds. The summed E-state index contributed by atoms with van der Waals surface area (Å²) in [5.41, 5.74) is 2.49. The fourth-order valence-corrected chi connectivity index (χ4v) is 9.39. The van der Waals surface area contributed by atoms with Gasteiger partial charge in [-0.05, 0) is 71.8 Å². The number of nitrogens with zero attached hydrogens (tertiary/aromatic N) is 4. The van der Waals surface area contributed by atoms with Crippen molar-refractivity contribution in [2.24, 2.45) is 0 Å². The number of aromatic carboxylic acids is 1. The normalized spacial score (nSPS) is 11.4. The Morgan fingerprint density at radius 3 is 2.29 bits per heavy atom. The maximum Gasteiger partial charge on any atom is 0.251 e. The lowest BCUT2D eigenvalue weighted by Gasteiger charge is -2.20.